The van der Waals surface area contributed by atoms with Gasteiger partial charge in [0, 0.05) is 33.4 Å². The quantitative estimate of drug-likeness (QED) is 0.552. The molecule has 2 aromatic carbocycles. The average Bonchev–Trinajstić information content (AvgIpc) is 3.05. The maximum Gasteiger partial charge on any atom is 0.321 e. The Balaban J connectivity index is 1.65. The first kappa shape index (κ1) is 20.1. The first-order valence-corrected chi connectivity index (χ1v) is 9.73. The van der Waals surface area contributed by atoms with E-state index in [4.69, 9.17) is 0 Å². The molecule has 1 heterocycles. The Bertz CT molecular complexity index is 956. The summed E-state index contributed by atoms with van der Waals surface area (Å²) in [4.78, 5) is 20.3. The molecule has 0 radical (unpaired) electrons. The molecule has 0 saturated carbocycles. The molecular weight excluding hydrogens is 382 g/mol. The molecule has 1 amide bonds. The van der Waals surface area contributed by atoms with Gasteiger partial charge in [-0.25, -0.2) is 4.98 Å². The molecule has 0 bridgehead atoms. The van der Waals surface area contributed by atoms with Gasteiger partial charge in [-0.2, -0.15) is 8.78 Å². The summed E-state index contributed by atoms with van der Waals surface area (Å²) in [6.45, 7) is -2.25. The first-order valence-electron chi connectivity index (χ1n) is 8.75. The molecular formula is C20H22F2N4OS. The number of rotatable bonds is 7. The molecule has 5 nitrogen and oxygen atoms in total. The molecule has 0 spiro atoms. The second kappa shape index (κ2) is 8.60. The molecule has 0 atom stereocenters. The molecule has 0 aliphatic heterocycles. The third-order valence-corrected chi connectivity index (χ3v) is 5.32. The van der Waals surface area contributed by atoms with Crippen LogP contribution < -0.4 is 4.90 Å². The lowest BCUT2D eigenvalue weighted by Gasteiger charge is -2.18. The monoisotopic (exact) mass is 404 g/mol. The number of fused-ring (bicyclic) bond motifs is 1. The fourth-order valence-electron chi connectivity index (χ4n) is 2.81. The minimum Gasteiger partial charge on any atom is -0.378 e. The predicted octanol–water partition coefficient (Wildman–Crippen LogP) is 4.25. The Morgan fingerprint density at radius 3 is 2.43 bits per heavy atom. The number of anilines is 1. The highest BCUT2D eigenvalue weighted by Gasteiger charge is 2.19. The topological polar surface area (TPSA) is 41.4 Å². The number of hydrogen-bond acceptors (Lipinski definition) is 4. The van der Waals surface area contributed by atoms with Crippen molar-refractivity contribution in [1.82, 2.24) is 14.5 Å². The normalized spacial score (nSPS) is 11.2. The van der Waals surface area contributed by atoms with Crippen LogP contribution in [0.4, 0.5) is 14.5 Å². The van der Waals surface area contributed by atoms with E-state index in [0.717, 1.165) is 27.6 Å². The van der Waals surface area contributed by atoms with Crippen molar-refractivity contribution in [1.29, 1.82) is 0 Å². The van der Waals surface area contributed by atoms with Crippen LogP contribution in [0.2, 0.25) is 0 Å². The van der Waals surface area contributed by atoms with E-state index in [-0.39, 0.29) is 16.8 Å². The number of para-hydroxylation sites is 2. The number of carbonyl (C=O) groups excluding carboxylic acids is 1. The Morgan fingerprint density at radius 1 is 1.11 bits per heavy atom. The zero-order valence-corrected chi connectivity index (χ0v) is 16.8. The van der Waals surface area contributed by atoms with Gasteiger partial charge in [0.15, 0.2) is 5.16 Å². The summed E-state index contributed by atoms with van der Waals surface area (Å²) in [5.41, 5.74) is 2.94. The maximum atomic E-state index is 13.5. The van der Waals surface area contributed by atoms with Crippen molar-refractivity contribution in [3.63, 3.8) is 0 Å². The molecule has 0 fully saturated rings. The van der Waals surface area contributed by atoms with Gasteiger partial charge in [0.2, 0.25) is 5.91 Å². The highest BCUT2D eigenvalue weighted by Crippen LogP contribution is 2.29. The van der Waals surface area contributed by atoms with Gasteiger partial charge in [-0.1, -0.05) is 36.0 Å². The van der Waals surface area contributed by atoms with E-state index in [1.54, 1.807) is 36.2 Å². The van der Waals surface area contributed by atoms with Crippen molar-refractivity contribution >= 4 is 34.4 Å². The Labute approximate surface area is 166 Å². The lowest BCUT2D eigenvalue weighted by atomic mass is 10.2. The van der Waals surface area contributed by atoms with Crippen LogP contribution in [0.25, 0.3) is 11.0 Å². The lowest BCUT2D eigenvalue weighted by molar-refractivity contribution is -0.127. The second-order valence-electron chi connectivity index (χ2n) is 6.63. The van der Waals surface area contributed by atoms with E-state index >= 15 is 0 Å². The second-order valence-corrected chi connectivity index (χ2v) is 7.57. The lowest BCUT2D eigenvalue weighted by Crippen LogP contribution is -2.28. The number of nitrogens with zero attached hydrogens (tertiary/aromatic N) is 4. The number of thioether (sulfide) groups is 1. The number of carbonyl (C=O) groups is 1. The molecule has 1 aromatic heterocycles. The zero-order valence-electron chi connectivity index (χ0n) is 16.0. The molecule has 0 N–H and O–H groups in total. The number of aromatic nitrogens is 2. The minimum atomic E-state index is -2.71. The number of benzene rings is 2. The number of amides is 1. The third-order valence-electron chi connectivity index (χ3n) is 4.38. The highest BCUT2D eigenvalue weighted by atomic mass is 32.2. The van der Waals surface area contributed by atoms with Gasteiger partial charge in [-0.15, -0.1) is 0 Å². The Morgan fingerprint density at radius 2 is 1.79 bits per heavy atom. The van der Waals surface area contributed by atoms with E-state index in [2.05, 4.69) is 4.98 Å². The molecule has 3 rings (SSSR count). The van der Waals surface area contributed by atoms with E-state index in [1.807, 2.05) is 43.3 Å². The number of halogens is 2. The molecule has 0 aliphatic carbocycles. The van der Waals surface area contributed by atoms with Crippen LogP contribution in [0.15, 0.2) is 53.7 Å². The first-order chi connectivity index (χ1) is 13.4. The minimum absolute atomic E-state index is 0.0440. The van der Waals surface area contributed by atoms with Crippen molar-refractivity contribution < 1.29 is 13.6 Å². The van der Waals surface area contributed by atoms with Crippen molar-refractivity contribution in [3.05, 3.63) is 54.1 Å². The Kier molecular flexibility index (Phi) is 6.18. The third kappa shape index (κ3) is 4.44. The van der Waals surface area contributed by atoms with Crippen molar-refractivity contribution in [2.24, 2.45) is 0 Å². The smallest absolute Gasteiger partial charge is 0.321 e. The largest absolute Gasteiger partial charge is 0.378 e. The molecule has 0 saturated heterocycles. The molecule has 148 valence electrons. The highest BCUT2D eigenvalue weighted by molar-refractivity contribution is 7.99. The number of alkyl halides is 2. The fraction of sp³-hybridized carbons (Fsp3) is 0.300. The predicted molar refractivity (Wildman–Crippen MR) is 109 cm³/mol. The van der Waals surface area contributed by atoms with Crippen LogP contribution in [-0.2, 0) is 11.3 Å². The summed E-state index contributed by atoms with van der Waals surface area (Å²) >= 11 is 1.03. The average molecular weight is 404 g/mol. The Hall–Kier alpha value is -2.61. The molecule has 28 heavy (non-hydrogen) atoms. The summed E-state index contributed by atoms with van der Waals surface area (Å²) in [6.07, 6.45) is 0. The summed E-state index contributed by atoms with van der Waals surface area (Å²) in [5, 5.41) is 0.147. The van der Waals surface area contributed by atoms with Crippen LogP contribution >= 0.6 is 11.8 Å². The molecule has 0 aliphatic rings. The van der Waals surface area contributed by atoms with Gasteiger partial charge in [-0.05, 0) is 29.8 Å². The zero-order chi connectivity index (χ0) is 20.3. The standard InChI is InChI=1S/C20H22F2N4OS/c1-24(2)15-10-8-14(9-11-15)12-25(3)18(27)13-28-20-23-16-6-4-5-7-17(16)26(20)19(21)22/h4-11,19H,12-13H2,1-3H3. The van der Waals surface area contributed by atoms with Crippen LogP contribution in [0, 0.1) is 0 Å². The van der Waals surface area contributed by atoms with E-state index < -0.39 is 6.55 Å². The summed E-state index contributed by atoms with van der Waals surface area (Å²) < 4.78 is 27.8. The van der Waals surface area contributed by atoms with Crippen LogP contribution in [0.3, 0.4) is 0 Å². The van der Waals surface area contributed by atoms with Crippen LogP contribution in [0.1, 0.15) is 12.1 Å². The van der Waals surface area contributed by atoms with Gasteiger partial charge in [0.1, 0.15) is 0 Å². The number of hydrogen-bond donors (Lipinski definition) is 0. The van der Waals surface area contributed by atoms with E-state index in [1.165, 1.54) is 0 Å². The number of imidazole rings is 1. The van der Waals surface area contributed by atoms with Gasteiger partial charge < -0.3 is 9.80 Å². The van der Waals surface area contributed by atoms with Gasteiger partial charge in [0.25, 0.3) is 0 Å². The molecule has 3 aromatic rings. The van der Waals surface area contributed by atoms with Crippen molar-refractivity contribution in [2.75, 3.05) is 31.8 Å². The van der Waals surface area contributed by atoms with E-state index in [9.17, 15) is 13.6 Å². The van der Waals surface area contributed by atoms with Crippen molar-refractivity contribution in [3.8, 4) is 0 Å². The SMILES string of the molecule is CN(Cc1ccc(N(C)C)cc1)C(=O)CSc1nc2ccccc2n1C(F)F. The summed E-state index contributed by atoms with van der Waals surface area (Å²) in [5.74, 6) is -0.1000. The molecule has 0 unspecified atom stereocenters. The van der Waals surface area contributed by atoms with Crippen LogP contribution in [0.5, 0.6) is 0 Å². The van der Waals surface area contributed by atoms with Gasteiger partial charge in [0.05, 0.1) is 16.8 Å². The molecule has 8 heteroatoms. The summed E-state index contributed by atoms with van der Waals surface area (Å²) in [6, 6.07) is 14.7. The maximum absolute atomic E-state index is 13.5. The van der Waals surface area contributed by atoms with Gasteiger partial charge >= 0.3 is 6.55 Å². The van der Waals surface area contributed by atoms with Crippen LogP contribution in [-0.4, -0.2) is 47.3 Å². The summed E-state index contributed by atoms with van der Waals surface area (Å²) in [7, 11) is 5.64. The fourth-order valence-corrected chi connectivity index (χ4v) is 3.76. The van der Waals surface area contributed by atoms with Gasteiger partial charge in [-0.3, -0.25) is 9.36 Å². The van der Waals surface area contributed by atoms with Crippen molar-refractivity contribution in [2.45, 2.75) is 18.3 Å². The van der Waals surface area contributed by atoms with E-state index in [0.29, 0.717) is 17.6 Å².